The van der Waals surface area contributed by atoms with Crippen molar-refractivity contribution in [3.8, 4) is 0 Å². The Labute approximate surface area is 143 Å². The lowest BCUT2D eigenvalue weighted by Gasteiger charge is -2.14. The zero-order chi connectivity index (χ0) is 17.0. The summed E-state index contributed by atoms with van der Waals surface area (Å²) in [4.78, 5) is 0.313. The summed E-state index contributed by atoms with van der Waals surface area (Å²) in [5.41, 5.74) is 1.22. The molecule has 0 aliphatic rings. The van der Waals surface area contributed by atoms with Crippen LogP contribution in [0.5, 0.6) is 0 Å². The number of hydrogen-bond acceptors (Lipinski definition) is 2. The van der Waals surface area contributed by atoms with Crippen LogP contribution in [0.15, 0.2) is 77.7 Å². The molecule has 124 valence electrons. The molecular formula is C20H21NO2S. The molecule has 1 unspecified atom stereocenters. The number of benzene rings is 3. The van der Waals surface area contributed by atoms with Crippen LogP contribution in [0.25, 0.3) is 10.8 Å². The van der Waals surface area contributed by atoms with E-state index in [1.807, 2.05) is 55.5 Å². The molecule has 0 radical (unpaired) electrons. The molecule has 1 atom stereocenters. The van der Waals surface area contributed by atoms with Crippen molar-refractivity contribution in [3.63, 3.8) is 0 Å². The van der Waals surface area contributed by atoms with Gasteiger partial charge in [-0.05, 0) is 48.2 Å². The highest BCUT2D eigenvalue weighted by Crippen LogP contribution is 2.19. The molecule has 3 rings (SSSR count). The maximum atomic E-state index is 12.6. The van der Waals surface area contributed by atoms with Crippen molar-refractivity contribution in [3.05, 3.63) is 78.4 Å². The van der Waals surface area contributed by atoms with E-state index in [9.17, 15) is 8.42 Å². The van der Waals surface area contributed by atoms with Gasteiger partial charge >= 0.3 is 0 Å². The first-order valence-electron chi connectivity index (χ1n) is 8.10. The quantitative estimate of drug-likeness (QED) is 0.734. The average Bonchev–Trinajstić information content (AvgIpc) is 2.60. The molecule has 1 N–H and O–H groups in total. The van der Waals surface area contributed by atoms with Crippen molar-refractivity contribution in [2.45, 2.75) is 30.7 Å². The van der Waals surface area contributed by atoms with Gasteiger partial charge in [-0.3, -0.25) is 0 Å². The zero-order valence-corrected chi connectivity index (χ0v) is 14.5. The fraction of sp³-hybridized carbons (Fsp3) is 0.200. The van der Waals surface area contributed by atoms with Crippen LogP contribution in [0.2, 0.25) is 0 Å². The highest BCUT2D eigenvalue weighted by Gasteiger charge is 2.17. The molecule has 0 amide bonds. The predicted molar refractivity (Wildman–Crippen MR) is 98.5 cm³/mol. The molecule has 0 saturated heterocycles. The van der Waals surface area contributed by atoms with Crippen LogP contribution < -0.4 is 4.72 Å². The van der Waals surface area contributed by atoms with E-state index in [1.165, 1.54) is 5.56 Å². The van der Waals surface area contributed by atoms with E-state index in [-0.39, 0.29) is 6.04 Å². The molecule has 0 saturated carbocycles. The van der Waals surface area contributed by atoms with E-state index in [0.717, 1.165) is 23.6 Å². The molecule has 24 heavy (non-hydrogen) atoms. The number of rotatable bonds is 6. The molecule has 4 heteroatoms. The predicted octanol–water partition coefficient (Wildman–Crippen LogP) is 4.14. The molecule has 0 aliphatic carbocycles. The maximum absolute atomic E-state index is 12.6. The van der Waals surface area contributed by atoms with E-state index < -0.39 is 10.0 Å². The van der Waals surface area contributed by atoms with Gasteiger partial charge in [0.25, 0.3) is 0 Å². The minimum absolute atomic E-state index is 0.123. The summed E-state index contributed by atoms with van der Waals surface area (Å²) in [5, 5.41) is 1.96. The van der Waals surface area contributed by atoms with Crippen molar-refractivity contribution < 1.29 is 8.42 Å². The Bertz CT molecular complexity index is 921. The number of hydrogen-bond donors (Lipinski definition) is 1. The first-order valence-corrected chi connectivity index (χ1v) is 9.58. The summed E-state index contributed by atoms with van der Waals surface area (Å²) in [6.45, 7) is 1.90. The Kier molecular flexibility index (Phi) is 4.97. The molecule has 3 aromatic carbocycles. The van der Waals surface area contributed by atoms with Gasteiger partial charge in [-0.1, -0.05) is 60.7 Å². The molecule has 0 aliphatic heterocycles. The maximum Gasteiger partial charge on any atom is 0.240 e. The van der Waals surface area contributed by atoms with Crippen molar-refractivity contribution >= 4 is 20.8 Å². The number of nitrogens with one attached hydrogen (secondary N) is 1. The first kappa shape index (κ1) is 16.7. The SMILES string of the molecule is CC(CCc1ccccc1)NS(=O)(=O)c1ccc2ccccc2c1. The number of fused-ring (bicyclic) bond motifs is 1. The van der Waals surface area contributed by atoms with Crippen LogP contribution in [0.4, 0.5) is 0 Å². The fourth-order valence-corrected chi connectivity index (χ4v) is 4.07. The smallest absolute Gasteiger partial charge is 0.208 e. The Morgan fingerprint density at radius 3 is 2.29 bits per heavy atom. The van der Waals surface area contributed by atoms with Crippen LogP contribution in [0.1, 0.15) is 18.9 Å². The lowest BCUT2D eigenvalue weighted by atomic mass is 10.1. The van der Waals surface area contributed by atoms with Gasteiger partial charge in [0.1, 0.15) is 0 Å². The van der Waals surface area contributed by atoms with Crippen LogP contribution in [0.3, 0.4) is 0 Å². The van der Waals surface area contributed by atoms with E-state index in [2.05, 4.69) is 16.9 Å². The third-order valence-electron chi connectivity index (χ3n) is 4.10. The van der Waals surface area contributed by atoms with Crippen molar-refractivity contribution in [1.82, 2.24) is 4.72 Å². The molecule has 3 aromatic rings. The Hall–Kier alpha value is -2.17. The molecule has 0 spiro atoms. The molecule has 0 bridgehead atoms. The fourth-order valence-electron chi connectivity index (χ4n) is 2.75. The van der Waals surface area contributed by atoms with Gasteiger partial charge in [-0.15, -0.1) is 0 Å². The molecule has 0 fully saturated rings. The average molecular weight is 339 g/mol. The van der Waals surface area contributed by atoms with Gasteiger partial charge in [-0.25, -0.2) is 13.1 Å². The normalized spacial score (nSPS) is 13.0. The van der Waals surface area contributed by atoms with Crippen LogP contribution in [0, 0.1) is 0 Å². The van der Waals surface area contributed by atoms with Gasteiger partial charge in [-0.2, -0.15) is 0 Å². The molecule has 0 heterocycles. The minimum Gasteiger partial charge on any atom is -0.208 e. The van der Waals surface area contributed by atoms with E-state index in [4.69, 9.17) is 0 Å². The van der Waals surface area contributed by atoms with Crippen molar-refractivity contribution in [2.24, 2.45) is 0 Å². The van der Waals surface area contributed by atoms with Gasteiger partial charge < -0.3 is 0 Å². The summed E-state index contributed by atoms with van der Waals surface area (Å²) in [6, 6.07) is 23.0. The highest BCUT2D eigenvalue weighted by atomic mass is 32.2. The van der Waals surface area contributed by atoms with Crippen molar-refractivity contribution in [1.29, 1.82) is 0 Å². The summed E-state index contributed by atoms with van der Waals surface area (Å²) in [7, 11) is -3.51. The van der Waals surface area contributed by atoms with Gasteiger partial charge in [0.2, 0.25) is 10.0 Å². The standard InChI is InChI=1S/C20H21NO2S/c1-16(11-12-17-7-3-2-4-8-17)21-24(22,23)20-14-13-18-9-5-6-10-19(18)15-20/h2-10,13-16,21H,11-12H2,1H3. The first-order chi connectivity index (χ1) is 11.5. The Morgan fingerprint density at radius 2 is 1.54 bits per heavy atom. The second-order valence-corrected chi connectivity index (χ2v) is 7.77. The number of aryl methyl sites for hydroxylation is 1. The van der Waals surface area contributed by atoms with E-state index in [1.54, 1.807) is 12.1 Å². The molecular weight excluding hydrogens is 318 g/mol. The summed E-state index contributed by atoms with van der Waals surface area (Å²) >= 11 is 0. The van der Waals surface area contributed by atoms with E-state index in [0.29, 0.717) is 4.90 Å². The van der Waals surface area contributed by atoms with Crippen LogP contribution >= 0.6 is 0 Å². The largest absolute Gasteiger partial charge is 0.240 e. The summed E-state index contributed by atoms with van der Waals surface area (Å²) < 4.78 is 28.0. The summed E-state index contributed by atoms with van der Waals surface area (Å²) in [6.07, 6.45) is 1.61. The highest BCUT2D eigenvalue weighted by molar-refractivity contribution is 7.89. The third-order valence-corrected chi connectivity index (χ3v) is 5.68. The zero-order valence-electron chi connectivity index (χ0n) is 13.6. The van der Waals surface area contributed by atoms with Gasteiger partial charge in [0.05, 0.1) is 4.90 Å². The van der Waals surface area contributed by atoms with E-state index >= 15 is 0 Å². The van der Waals surface area contributed by atoms with Gasteiger partial charge in [0, 0.05) is 6.04 Å². The van der Waals surface area contributed by atoms with Crippen LogP contribution in [-0.2, 0) is 16.4 Å². The second-order valence-electron chi connectivity index (χ2n) is 6.06. The van der Waals surface area contributed by atoms with Crippen molar-refractivity contribution in [2.75, 3.05) is 0 Å². The number of sulfonamides is 1. The monoisotopic (exact) mass is 339 g/mol. The minimum atomic E-state index is -3.51. The lowest BCUT2D eigenvalue weighted by Crippen LogP contribution is -2.32. The Balaban J connectivity index is 1.70. The third kappa shape index (κ3) is 4.02. The van der Waals surface area contributed by atoms with Gasteiger partial charge in [0.15, 0.2) is 0 Å². The second kappa shape index (κ2) is 7.16. The topological polar surface area (TPSA) is 46.2 Å². The Morgan fingerprint density at radius 1 is 0.875 bits per heavy atom. The summed E-state index contributed by atoms with van der Waals surface area (Å²) in [5.74, 6) is 0. The molecule has 0 aromatic heterocycles. The van der Waals surface area contributed by atoms with Crippen LogP contribution in [-0.4, -0.2) is 14.5 Å². The lowest BCUT2D eigenvalue weighted by molar-refractivity contribution is 0.547. The molecule has 3 nitrogen and oxygen atoms in total.